The molecule has 0 aliphatic heterocycles. The van der Waals surface area contributed by atoms with Crippen molar-refractivity contribution >= 4 is 11.0 Å². The van der Waals surface area contributed by atoms with Gasteiger partial charge in [0.15, 0.2) is 5.43 Å². The van der Waals surface area contributed by atoms with Gasteiger partial charge in [0.1, 0.15) is 28.6 Å². The number of hydrogen-bond donors (Lipinski definition) is 2. The Morgan fingerprint density at radius 2 is 1.87 bits per heavy atom. The topological polar surface area (TPSA) is 79.9 Å². The summed E-state index contributed by atoms with van der Waals surface area (Å²) in [6.45, 7) is 0. The molecule has 2 N–H and O–H groups in total. The molecule has 0 fully saturated rings. The normalized spacial score (nSPS) is 10.8. The molecule has 3 aromatic rings. The Morgan fingerprint density at radius 3 is 2.61 bits per heavy atom. The highest BCUT2D eigenvalue weighted by Crippen LogP contribution is 2.25. The van der Waals surface area contributed by atoms with Crippen LogP contribution < -0.4 is 10.2 Å². The lowest BCUT2D eigenvalue weighted by molar-refractivity contribution is 0.406. The third kappa shape index (κ3) is 3.13. The van der Waals surface area contributed by atoms with Gasteiger partial charge in [-0.1, -0.05) is 6.07 Å². The van der Waals surface area contributed by atoms with Gasteiger partial charge >= 0.3 is 0 Å². The molecule has 0 amide bonds. The Morgan fingerprint density at radius 1 is 1.04 bits per heavy atom. The van der Waals surface area contributed by atoms with Gasteiger partial charge in [0.2, 0.25) is 0 Å². The monoisotopic (exact) mass is 312 g/mol. The molecule has 0 unspecified atom stereocenters. The number of phenolic OH excluding ortho intramolecular Hbond substituents is 2. The number of aryl methyl sites for hydroxylation is 2. The first-order valence-corrected chi connectivity index (χ1v) is 7.18. The van der Waals surface area contributed by atoms with Crippen LogP contribution in [-0.2, 0) is 12.8 Å². The summed E-state index contributed by atoms with van der Waals surface area (Å²) in [6, 6.07) is 11.0. The van der Waals surface area contributed by atoms with E-state index in [2.05, 4.69) is 0 Å². The van der Waals surface area contributed by atoms with E-state index in [4.69, 9.17) is 9.15 Å². The Balaban J connectivity index is 1.85. The second-order valence-electron chi connectivity index (χ2n) is 5.25. The van der Waals surface area contributed by atoms with Crippen LogP contribution in [0.15, 0.2) is 51.7 Å². The Kier molecular flexibility index (Phi) is 3.93. The standard InChI is InChI=1S/C18H16O5/c1-22-13-5-2-11(16(20)9-13)3-6-14-10-17(21)15-8-12(19)4-7-18(15)23-14/h2,4-5,7-10,19-20H,3,6H2,1H3. The molecule has 3 rings (SSSR count). The molecule has 1 aromatic heterocycles. The highest BCUT2D eigenvalue weighted by Gasteiger charge is 2.08. The van der Waals surface area contributed by atoms with Crippen LogP contribution in [0.5, 0.6) is 17.2 Å². The predicted octanol–water partition coefficient (Wildman–Crippen LogP) is 3.00. The van der Waals surface area contributed by atoms with E-state index in [1.807, 2.05) is 0 Å². The molecule has 5 nitrogen and oxygen atoms in total. The first-order valence-electron chi connectivity index (χ1n) is 7.18. The van der Waals surface area contributed by atoms with E-state index in [-0.39, 0.29) is 16.9 Å². The number of benzene rings is 2. The lowest BCUT2D eigenvalue weighted by Gasteiger charge is -2.07. The fraction of sp³-hybridized carbons (Fsp3) is 0.167. The maximum Gasteiger partial charge on any atom is 0.193 e. The summed E-state index contributed by atoms with van der Waals surface area (Å²) in [5, 5.41) is 19.7. The molecule has 0 saturated carbocycles. The van der Waals surface area contributed by atoms with Crippen LogP contribution in [0, 0.1) is 0 Å². The Hall–Kier alpha value is -2.95. The molecule has 2 aromatic carbocycles. The SMILES string of the molecule is COc1ccc(CCc2cc(=O)c3cc(O)ccc3o2)c(O)c1. The van der Waals surface area contributed by atoms with Gasteiger partial charge < -0.3 is 19.4 Å². The number of fused-ring (bicyclic) bond motifs is 1. The smallest absolute Gasteiger partial charge is 0.193 e. The largest absolute Gasteiger partial charge is 0.508 e. The molecule has 0 radical (unpaired) electrons. The summed E-state index contributed by atoms with van der Waals surface area (Å²) in [4.78, 5) is 12.1. The van der Waals surface area contributed by atoms with E-state index in [1.165, 1.54) is 25.3 Å². The second-order valence-corrected chi connectivity index (χ2v) is 5.25. The summed E-state index contributed by atoms with van der Waals surface area (Å²) in [5.74, 6) is 1.30. The van der Waals surface area contributed by atoms with Gasteiger partial charge in [0, 0.05) is 18.6 Å². The van der Waals surface area contributed by atoms with E-state index < -0.39 is 0 Å². The van der Waals surface area contributed by atoms with Crippen molar-refractivity contribution in [2.24, 2.45) is 0 Å². The van der Waals surface area contributed by atoms with Crippen LogP contribution in [-0.4, -0.2) is 17.3 Å². The van der Waals surface area contributed by atoms with Crippen molar-refractivity contribution in [1.82, 2.24) is 0 Å². The maximum absolute atomic E-state index is 12.1. The molecule has 0 aliphatic rings. The molecule has 1 heterocycles. The minimum absolute atomic E-state index is 0.0284. The zero-order chi connectivity index (χ0) is 16.4. The molecule has 0 spiro atoms. The molecule has 0 bridgehead atoms. The van der Waals surface area contributed by atoms with E-state index in [9.17, 15) is 15.0 Å². The van der Waals surface area contributed by atoms with Gasteiger partial charge in [-0.05, 0) is 36.2 Å². The van der Waals surface area contributed by atoms with E-state index in [0.717, 1.165) is 5.56 Å². The summed E-state index contributed by atoms with van der Waals surface area (Å²) in [6.07, 6.45) is 1.01. The average molecular weight is 312 g/mol. The van der Waals surface area contributed by atoms with Crippen LogP contribution in [0.4, 0.5) is 0 Å². The van der Waals surface area contributed by atoms with Crippen molar-refractivity contribution in [3.05, 3.63) is 64.0 Å². The lowest BCUT2D eigenvalue weighted by Crippen LogP contribution is -2.03. The fourth-order valence-electron chi connectivity index (χ4n) is 2.46. The fourth-order valence-corrected chi connectivity index (χ4v) is 2.46. The zero-order valence-corrected chi connectivity index (χ0v) is 12.6. The minimum Gasteiger partial charge on any atom is -0.508 e. The van der Waals surface area contributed by atoms with Crippen LogP contribution in [0.25, 0.3) is 11.0 Å². The third-order valence-electron chi connectivity index (χ3n) is 3.69. The van der Waals surface area contributed by atoms with Crippen molar-refractivity contribution in [2.75, 3.05) is 7.11 Å². The first-order chi connectivity index (χ1) is 11.1. The molecular weight excluding hydrogens is 296 g/mol. The number of hydrogen-bond acceptors (Lipinski definition) is 5. The van der Waals surface area contributed by atoms with Crippen LogP contribution in [0.3, 0.4) is 0 Å². The summed E-state index contributed by atoms with van der Waals surface area (Å²) in [5.41, 5.74) is 0.986. The molecule has 0 aliphatic carbocycles. The number of phenols is 2. The number of aromatic hydroxyl groups is 2. The first kappa shape index (κ1) is 15.0. The minimum atomic E-state index is -0.198. The van der Waals surface area contributed by atoms with Crippen molar-refractivity contribution < 1.29 is 19.4 Å². The molecular formula is C18H16O5. The van der Waals surface area contributed by atoms with Crippen LogP contribution in [0.2, 0.25) is 0 Å². The average Bonchev–Trinajstić information content (AvgIpc) is 2.54. The molecule has 118 valence electrons. The van der Waals surface area contributed by atoms with Gasteiger partial charge in [-0.2, -0.15) is 0 Å². The second kappa shape index (κ2) is 6.04. The highest BCUT2D eigenvalue weighted by molar-refractivity contribution is 5.77. The van der Waals surface area contributed by atoms with Gasteiger partial charge in [-0.15, -0.1) is 0 Å². The van der Waals surface area contributed by atoms with E-state index >= 15 is 0 Å². The summed E-state index contributed by atoms with van der Waals surface area (Å²) in [7, 11) is 1.54. The molecule has 0 saturated heterocycles. The zero-order valence-electron chi connectivity index (χ0n) is 12.6. The van der Waals surface area contributed by atoms with Gasteiger partial charge in [0.25, 0.3) is 0 Å². The Bertz CT molecular complexity index is 911. The quantitative estimate of drug-likeness (QED) is 0.774. The predicted molar refractivity (Wildman–Crippen MR) is 86.2 cm³/mol. The number of methoxy groups -OCH3 is 1. The lowest BCUT2D eigenvalue weighted by atomic mass is 10.1. The molecule has 23 heavy (non-hydrogen) atoms. The molecule has 0 atom stereocenters. The van der Waals surface area contributed by atoms with E-state index in [1.54, 1.807) is 24.3 Å². The number of ether oxygens (including phenoxy) is 1. The van der Waals surface area contributed by atoms with Crippen molar-refractivity contribution in [2.45, 2.75) is 12.8 Å². The van der Waals surface area contributed by atoms with Crippen molar-refractivity contribution in [1.29, 1.82) is 0 Å². The van der Waals surface area contributed by atoms with Gasteiger partial charge in [-0.3, -0.25) is 4.79 Å². The van der Waals surface area contributed by atoms with Crippen LogP contribution >= 0.6 is 0 Å². The maximum atomic E-state index is 12.1. The van der Waals surface area contributed by atoms with Crippen molar-refractivity contribution in [3.8, 4) is 17.2 Å². The highest BCUT2D eigenvalue weighted by atomic mass is 16.5. The number of rotatable bonds is 4. The van der Waals surface area contributed by atoms with Gasteiger partial charge in [0.05, 0.1) is 12.5 Å². The van der Waals surface area contributed by atoms with Crippen LogP contribution in [0.1, 0.15) is 11.3 Å². The summed E-state index contributed by atoms with van der Waals surface area (Å²) < 4.78 is 10.7. The van der Waals surface area contributed by atoms with Crippen molar-refractivity contribution in [3.63, 3.8) is 0 Å². The Labute approximate surface area is 132 Å². The van der Waals surface area contributed by atoms with E-state index in [0.29, 0.717) is 35.3 Å². The third-order valence-corrected chi connectivity index (χ3v) is 3.69. The summed E-state index contributed by atoms with van der Waals surface area (Å²) >= 11 is 0. The molecule has 5 heteroatoms. The van der Waals surface area contributed by atoms with Gasteiger partial charge in [-0.25, -0.2) is 0 Å².